The van der Waals surface area contributed by atoms with Gasteiger partial charge in [-0.2, -0.15) is 4.31 Å². The zero-order chi connectivity index (χ0) is 20.6. The van der Waals surface area contributed by atoms with Crippen LogP contribution in [0.4, 0.5) is 5.69 Å². The van der Waals surface area contributed by atoms with Gasteiger partial charge in [0, 0.05) is 25.1 Å². The largest absolute Gasteiger partial charge is 0.490 e. The van der Waals surface area contributed by atoms with Crippen LogP contribution in [0.15, 0.2) is 47.4 Å². The monoisotopic (exact) mass is 433 g/mol. The highest BCUT2D eigenvalue weighted by Crippen LogP contribution is 2.36. The predicted molar refractivity (Wildman–Crippen MR) is 110 cm³/mol. The zero-order valence-electron chi connectivity index (χ0n) is 15.6. The smallest absolute Gasteiger partial charge is 0.312 e. The summed E-state index contributed by atoms with van der Waals surface area (Å²) in [6, 6.07) is 11.6. The summed E-state index contributed by atoms with van der Waals surface area (Å²) in [7, 11) is -2.55. The van der Waals surface area contributed by atoms with Crippen molar-refractivity contribution in [2.75, 3.05) is 20.2 Å². The first-order valence-electron chi connectivity index (χ1n) is 9.08. The zero-order valence-corrected chi connectivity index (χ0v) is 17.3. The average Bonchev–Trinajstić information content (AvgIpc) is 3.17. The van der Waals surface area contributed by atoms with Gasteiger partial charge >= 0.3 is 5.69 Å². The van der Waals surface area contributed by atoms with Crippen molar-refractivity contribution in [3.8, 4) is 5.75 Å². The van der Waals surface area contributed by atoms with E-state index >= 15 is 0 Å². The number of nitro benzene ring substituents is 1. The number of nitro groups is 1. The van der Waals surface area contributed by atoms with Gasteiger partial charge in [-0.25, -0.2) is 13.4 Å². The van der Waals surface area contributed by atoms with Crippen LogP contribution in [0.3, 0.4) is 0 Å². The molecule has 0 amide bonds. The Hall–Kier alpha value is -2.56. The number of para-hydroxylation sites is 1. The van der Waals surface area contributed by atoms with E-state index in [4.69, 9.17) is 4.74 Å². The fraction of sp³-hybridized carbons (Fsp3) is 0.316. The van der Waals surface area contributed by atoms with Gasteiger partial charge < -0.3 is 4.74 Å². The SMILES string of the molecule is COc1ccc(S(=O)(=O)N2CCCC(c3nc4ccccc4s3)C2)cc1[N+](=O)[O-]. The number of rotatable bonds is 5. The highest BCUT2D eigenvalue weighted by Gasteiger charge is 2.33. The van der Waals surface area contributed by atoms with Crippen molar-refractivity contribution in [3.05, 3.63) is 57.6 Å². The number of benzene rings is 2. The molecule has 3 aromatic rings. The van der Waals surface area contributed by atoms with Crippen LogP contribution in [-0.4, -0.2) is 42.8 Å². The second-order valence-electron chi connectivity index (χ2n) is 6.81. The van der Waals surface area contributed by atoms with Crippen LogP contribution in [0.1, 0.15) is 23.8 Å². The van der Waals surface area contributed by atoms with Gasteiger partial charge in [-0.1, -0.05) is 12.1 Å². The average molecular weight is 434 g/mol. The van der Waals surface area contributed by atoms with Gasteiger partial charge in [-0.15, -0.1) is 11.3 Å². The summed E-state index contributed by atoms with van der Waals surface area (Å²) in [5, 5.41) is 12.2. The summed E-state index contributed by atoms with van der Waals surface area (Å²) >= 11 is 1.59. The van der Waals surface area contributed by atoms with Crippen molar-refractivity contribution >= 4 is 37.3 Å². The molecule has 1 aliphatic rings. The van der Waals surface area contributed by atoms with Crippen LogP contribution < -0.4 is 4.74 Å². The molecule has 8 nitrogen and oxygen atoms in total. The van der Waals surface area contributed by atoms with Crippen LogP contribution in [0.25, 0.3) is 10.2 Å². The molecule has 2 aromatic carbocycles. The van der Waals surface area contributed by atoms with E-state index in [2.05, 4.69) is 4.98 Å². The summed E-state index contributed by atoms with van der Waals surface area (Å²) in [5.41, 5.74) is 0.548. The van der Waals surface area contributed by atoms with Gasteiger partial charge in [0.2, 0.25) is 10.0 Å². The summed E-state index contributed by atoms with van der Waals surface area (Å²) in [6.45, 7) is 0.686. The molecule has 1 fully saturated rings. The maximum Gasteiger partial charge on any atom is 0.312 e. The Balaban J connectivity index is 1.63. The number of methoxy groups -OCH3 is 1. The number of fused-ring (bicyclic) bond motifs is 1. The Morgan fingerprint density at radius 3 is 2.79 bits per heavy atom. The molecule has 1 atom stereocenters. The molecule has 2 heterocycles. The lowest BCUT2D eigenvalue weighted by molar-refractivity contribution is -0.386. The molecular formula is C19H19N3O5S2. The maximum absolute atomic E-state index is 13.2. The highest BCUT2D eigenvalue weighted by molar-refractivity contribution is 7.89. The number of ether oxygens (including phenoxy) is 1. The fourth-order valence-electron chi connectivity index (χ4n) is 3.55. The van der Waals surface area contributed by atoms with Crippen molar-refractivity contribution in [3.63, 3.8) is 0 Å². The number of piperidine rings is 1. The molecule has 1 saturated heterocycles. The number of hydrogen-bond acceptors (Lipinski definition) is 7. The summed E-state index contributed by atoms with van der Waals surface area (Å²) in [5.74, 6) is 0.0316. The topological polar surface area (TPSA) is 103 Å². The number of sulfonamides is 1. The third-order valence-corrected chi connectivity index (χ3v) is 8.09. The summed E-state index contributed by atoms with van der Waals surface area (Å²) in [6.07, 6.45) is 1.56. The molecule has 0 N–H and O–H groups in total. The molecular weight excluding hydrogens is 414 g/mol. The molecule has 0 radical (unpaired) electrons. The van der Waals surface area contributed by atoms with E-state index in [9.17, 15) is 18.5 Å². The molecule has 1 aromatic heterocycles. The predicted octanol–water partition coefficient (Wildman–Crippen LogP) is 3.78. The highest BCUT2D eigenvalue weighted by atomic mass is 32.2. The Bertz CT molecular complexity index is 1140. The van der Waals surface area contributed by atoms with Crippen LogP contribution in [0.2, 0.25) is 0 Å². The third-order valence-electron chi connectivity index (χ3n) is 5.03. The Morgan fingerprint density at radius 1 is 1.28 bits per heavy atom. The number of nitrogens with zero attached hydrogens (tertiary/aromatic N) is 3. The van der Waals surface area contributed by atoms with Gasteiger partial charge in [0.1, 0.15) is 0 Å². The van der Waals surface area contributed by atoms with Crippen molar-refractivity contribution in [1.82, 2.24) is 9.29 Å². The third kappa shape index (κ3) is 3.70. The number of thiazole rings is 1. The van der Waals surface area contributed by atoms with Crippen molar-refractivity contribution < 1.29 is 18.1 Å². The molecule has 152 valence electrons. The summed E-state index contributed by atoms with van der Waals surface area (Å²) in [4.78, 5) is 15.2. The molecule has 0 bridgehead atoms. The van der Waals surface area contributed by atoms with Gasteiger partial charge in [-0.3, -0.25) is 10.1 Å². The van der Waals surface area contributed by atoms with Crippen molar-refractivity contribution in [2.24, 2.45) is 0 Å². The van der Waals surface area contributed by atoms with E-state index in [0.717, 1.165) is 27.7 Å². The Kier molecular flexibility index (Phi) is 5.24. The van der Waals surface area contributed by atoms with E-state index in [1.165, 1.54) is 23.5 Å². The van der Waals surface area contributed by atoms with E-state index in [1.54, 1.807) is 11.3 Å². The second-order valence-corrected chi connectivity index (χ2v) is 9.81. The molecule has 10 heteroatoms. The Labute approximate surface area is 172 Å². The molecule has 0 aliphatic carbocycles. The molecule has 4 rings (SSSR count). The molecule has 1 unspecified atom stereocenters. The van der Waals surface area contributed by atoms with E-state index in [1.807, 2.05) is 24.3 Å². The lowest BCUT2D eigenvalue weighted by Crippen LogP contribution is -2.39. The first-order valence-corrected chi connectivity index (χ1v) is 11.3. The van der Waals surface area contributed by atoms with Gasteiger partial charge in [0.05, 0.1) is 32.2 Å². The standard InChI is InChI=1S/C19H19N3O5S2/c1-27-17-9-8-14(11-16(17)22(23)24)29(25,26)21-10-4-5-13(12-21)19-20-15-6-2-3-7-18(15)28-19/h2-3,6-9,11,13H,4-5,10,12H2,1H3. The normalized spacial score (nSPS) is 18.0. The molecule has 29 heavy (non-hydrogen) atoms. The minimum Gasteiger partial charge on any atom is -0.490 e. The summed E-state index contributed by atoms with van der Waals surface area (Å²) < 4.78 is 33.8. The van der Waals surface area contributed by atoms with E-state index in [-0.39, 0.29) is 22.3 Å². The molecule has 0 spiro atoms. The van der Waals surface area contributed by atoms with Gasteiger partial charge in [-0.05, 0) is 37.1 Å². The van der Waals surface area contributed by atoms with Crippen molar-refractivity contribution in [1.29, 1.82) is 0 Å². The van der Waals surface area contributed by atoms with E-state index in [0.29, 0.717) is 19.5 Å². The lowest BCUT2D eigenvalue weighted by Gasteiger charge is -2.31. The van der Waals surface area contributed by atoms with Crippen molar-refractivity contribution in [2.45, 2.75) is 23.7 Å². The van der Waals surface area contributed by atoms with Gasteiger partial charge in [0.15, 0.2) is 5.75 Å². The second kappa shape index (κ2) is 7.69. The van der Waals surface area contributed by atoms with Crippen LogP contribution in [0.5, 0.6) is 5.75 Å². The molecule has 0 saturated carbocycles. The Morgan fingerprint density at radius 2 is 2.07 bits per heavy atom. The number of hydrogen-bond donors (Lipinski definition) is 0. The fourth-order valence-corrected chi connectivity index (χ4v) is 6.19. The van der Waals surface area contributed by atoms with Crippen LogP contribution in [-0.2, 0) is 10.0 Å². The first-order chi connectivity index (χ1) is 13.9. The van der Waals surface area contributed by atoms with Gasteiger partial charge in [0.25, 0.3) is 0 Å². The quantitative estimate of drug-likeness (QED) is 0.448. The van der Waals surface area contributed by atoms with Crippen LogP contribution >= 0.6 is 11.3 Å². The first kappa shape index (κ1) is 19.7. The minimum atomic E-state index is -3.86. The number of aromatic nitrogens is 1. The van der Waals surface area contributed by atoms with E-state index < -0.39 is 14.9 Å². The minimum absolute atomic E-state index is 0.00385. The maximum atomic E-state index is 13.2. The van der Waals surface area contributed by atoms with Crippen LogP contribution in [0, 0.1) is 10.1 Å². The lowest BCUT2D eigenvalue weighted by atomic mass is 10.0. The molecule has 1 aliphatic heterocycles.